The molecule has 1 unspecified atom stereocenters. The highest BCUT2D eigenvalue weighted by atomic mass is 19.1. The molecule has 55 heavy (non-hydrogen) atoms. The molecule has 0 bridgehead atoms. The van der Waals surface area contributed by atoms with Crippen molar-refractivity contribution in [3.63, 3.8) is 0 Å². The van der Waals surface area contributed by atoms with Crippen LogP contribution in [0.25, 0.3) is 10.9 Å². The zero-order valence-electron chi connectivity index (χ0n) is 32.4. The van der Waals surface area contributed by atoms with E-state index in [1.54, 1.807) is 13.2 Å². The summed E-state index contributed by atoms with van der Waals surface area (Å²) < 4.78 is 22.8. The molecule has 5 heterocycles. The number of aryl methyl sites for hydroxylation is 2. The molecule has 8 rings (SSSR count). The van der Waals surface area contributed by atoms with Crippen molar-refractivity contribution in [1.82, 2.24) is 14.8 Å². The van der Waals surface area contributed by atoms with Gasteiger partial charge in [-0.2, -0.15) is 0 Å². The topological polar surface area (TPSA) is 102 Å². The lowest BCUT2D eigenvalue weighted by molar-refractivity contribution is -0.133. The summed E-state index contributed by atoms with van der Waals surface area (Å²) in [4.78, 5) is 46.3. The van der Waals surface area contributed by atoms with Gasteiger partial charge in [-0.05, 0) is 118 Å². The van der Waals surface area contributed by atoms with Crippen LogP contribution in [0.2, 0.25) is 0 Å². The molecule has 11 nitrogen and oxygen atoms in total. The number of carbonyl (C=O) groups is 2. The minimum absolute atomic E-state index is 0.0402. The van der Waals surface area contributed by atoms with Gasteiger partial charge in [-0.1, -0.05) is 0 Å². The lowest BCUT2D eigenvalue weighted by Gasteiger charge is -2.39. The molecule has 12 heteroatoms. The van der Waals surface area contributed by atoms with Gasteiger partial charge in [-0.25, -0.2) is 4.39 Å². The van der Waals surface area contributed by atoms with Gasteiger partial charge in [0, 0.05) is 75.9 Å². The smallest absolute Gasteiger partial charge is 0.253 e. The Balaban J connectivity index is 0.923. The molecular formula is C43H52FN7O4. The number of aromatic nitrogens is 1. The number of hydrogen-bond acceptors (Lipinski definition) is 9. The summed E-state index contributed by atoms with van der Waals surface area (Å²) >= 11 is 0. The maximum Gasteiger partial charge on any atom is 0.253 e. The highest BCUT2D eigenvalue weighted by Crippen LogP contribution is 2.44. The number of imide groups is 1. The summed E-state index contributed by atoms with van der Waals surface area (Å²) in [5.74, 6) is 0.833. The molecule has 4 aliphatic heterocycles. The minimum atomic E-state index is -0.543. The first kappa shape index (κ1) is 36.9. The number of likely N-dealkylation sites (tertiary alicyclic amines) is 1. The molecule has 0 radical (unpaired) electrons. The predicted molar refractivity (Wildman–Crippen MR) is 217 cm³/mol. The molecule has 0 spiro atoms. The number of amides is 2. The van der Waals surface area contributed by atoms with E-state index in [4.69, 9.17) is 4.74 Å². The van der Waals surface area contributed by atoms with Crippen LogP contribution in [-0.4, -0.2) is 87.3 Å². The number of pyridine rings is 1. The molecule has 2 amide bonds. The Morgan fingerprint density at radius 1 is 0.818 bits per heavy atom. The number of likely N-dealkylation sites (N-methyl/N-ethyl adjacent to an activating group) is 1. The first-order chi connectivity index (χ1) is 26.6. The van der Waals surface area contributed by atoms with Crippen LogP contribution in [0.3, 0.4) is 0 Å². The number of carbonyl (C=O) groups excluding carboxylic acids is 2. The summed E-state index contributed by atoms with van der Waals surface area (Å²) in [6, 6.07) is 17.5. The van der Waals surface area contributed by atoms with E-state index < -0.39 is 6.04 Å². The van der Waals surface area contributed by atoms with Crippen molar-refractivity contribution >= 4 is 51.2 Å². The Morgan fingerprint density at radius 2 is 1.58 bits per heavy atom. The first-order valence-corrected chi connectivity index (χ1v) is 19.7. The third-order valence-corrected chi connectivity index (χ3v) is 12.4. The molecule has 290 valence electrons. The van der Waals surface area contributed by atoms with Crippen LogP contribution in [0.4, 0.5) is 32.8 Å². The summed E-state index contributed by atoms with van der Waals surface area (Å²) in [5.41, 5.74) is 7.58. The molecule has 4 aliphatic rings. The van der Waals surface area contributed by atoms with Crippen molar-refractivity contribution in [3.8, 4) is 5.75 Å². The Hall–Kier alpha value is -5.10. The van der Waals surface area contributed by atoms with E-state index in [1.165, 1.54) is 11.6 Å². The molecule has 0 aliphatic carbocycles. The van der Waals surface area contributed by atoms with Crippen LogP contribution < -0.4 is 35.6 Å². The van der Waals surface area contributed by atoms with Crippen LogP contribution in [0.15, 0.2) is 59.4 Å². The van der Waals surface area contributed by atoms with Gasteiger partial charge < -0.3 is 34.2 Å². The summed E-state index contributed by atoms with van der Waals surface area (Å²) in [7, 11) is 5.73. The molecule has 3 saturated heterocycles. The Kier molecular flexibility index (Phi) is 10.2. The quantitative estimate of drug-likeness (QED) is 0.214. The van der Waals surface area contributed by atoms with Crippen molar-refractivity contribution in [2.75, 3.05) is 80.0 Å². The maximum absolute atomic E-state index is 15.3. The number of nitrogens with one attached hydrogen (secondary N) is 2. The van der Waals surface area contributed by atoms with Gasteiger partial charge in [0.15, 0.2) is 0 Å². The monoisotopic (exact) mass is 749 g/mol. The van der Waals surface area contributed by atoms with E-state index in [1.807, 2.05) is 30.7 Å². The van der Waals surface area contributed by atoms with E-state index in [-0.39, 0.29) is 29.6 Å². The number of anilines is 5. The number of fused-ring (bicyclic) bond motifs is 2. The van der Waals surface area contributed by atoms with Crippen molar-refractivity contribution < 1.29 is 18.7 Å². The first-order valence-electron chi connectivity index (χ1n) is 19.7. The molecule has 3 fully saturated rings. The molecule has 1 atom stereocenters. The maximum atomic E-state index is 15.3. The predicted octanol–water partition coefficient (Wildman–Crippen LogP) is 5.90. The number of nitrogens with zero attached hydrogens (tertiary/aromatic N) is 5. The lowest BCUT2D eigenvalue weighted by Crippen LogP contribution is -2.47. The van der Waals surface area contributed by atoms with Crippen LogP contribution in [0.5, 0.6) is 5.75 Å². The lowest BCUT2D eigenvalue weighted by atomic mass is 9.87. The number of halogens is 1. The Bertz CT molecular complexity index is 2170. The van der Waals surface area contributed by atoms with E-state index in [2.05, 4.69) is 67.6 Å². The number of methoxy groups -OCH3 is 1. The summed E-state index contributed by atoms with van der Waals surface area (Å²) in [6.45, 7) is 8.32. The number of rotatable bonds is 8. The highest BCUT2D eigenvalue weighted by Gasteiger charge is 2.30. The number of hydrogen-bond donors (Lipinski definition) is 2. The van der Waals surface area contributed by atoms with Gasteiger partial charge in [-0.3, -0.25) is 19.7 Å². The van der Waals surface area contributed by atoms with Gasteiger partial charge >= 0.3 is 0 Å². The fourth-order valence-corrected chi connectivity index (χ4v) is 9.15. The van der Waals surface area contributed by atoms with Crippen molar-refractivity contribution in [2.45, 2.75) is 57.4 Å². The molecule has 3 aromatic carbocycles. The standard InChI is InChI=1S/C43H52FN7O4/c1-27-21-33-38(48(3)43(27)54)22-30(23-39(33)51-20-19-47(2)37-9-6-32(55-4)25-40(37)51)29-13-15-49(16-14-29)26-28-11-17-50(18-12-28)36-8-5-31(24-34(36)44)45-35-7-10-41(52)46-42(35)53/h5-6,8-9,21-25,28-29,35,45H,7,10-20,26H2,1-4H3,(H,46,52,53). The summed E-state index contributed by atoms with van der Waals surface area (Å²) in [5, 5.41) is 6.51. The van der Waals surface area contributed by atoms with E-state index in [0.29, 0.717) is 29.6 Å². The van der Waals surface area contributed by atoms with Gasteiger partial charge in [0.2, 0.25) is 11.8 Å². The Labute approximate surface area is 322 Å². The normalized spacial score (nSPS) is 20.2. The van der Waals surface area contributed by atoms with Gasteiger partial charge in [0.25, 0.3) is 5.56 Å². The number of ether oxygens (including phenoxy) is 1. The zero-order valence-corrected chi connectivity index (χ0v) is 32.4. The SMILES string of the molecule is COc1ccc2c(c1)N(c1cc(C3CCN(CC4CCN(c5ccc(NC6CCC(=O)NC6=O)cc5F)CC4)CC3)cc3c1cc(C)c(=O)n3C)CCN2C. The molecule has 0 saturated carbocycles. The van der Waals surface area contributed by atoms with Crippen LogP contribution in [-0.2, 0) is 16.6 Å². The zero-order chi connectivity index (χ0) is 38.4. The van der Waals surface area contributed by atoms with Gasteiger partial charge in [-0.15, -0.1) is 0 Å². The molecule has 2 N–H and O–H groups in total. The molecule has 1 aromatic heterocycles. The minimum Gasteiger partial charge on any atom is -0.497 e. The van der Waals surface area contributed by atoms with Crippen LogP contribution in [0, 0.1) is 18.7 Å². The van der Waals surface area contributed by atoms with Crippen molar-refractivity contribution in [3.05, 3.63) is 81.9 Å². The highest BCUT2D eigenvalue weighted by molar-refractivity contribution is 6.01. The number of benzene rings is 3. The molecule has 4 aromatic rings. The second-order valence-corrected chi connectivity index (χ2v) is 15.9. The second-order valence-electron chi connectivity index (χ2n) is 15.9. The second kappa shape index (κ2) is 15.2. The van der Waals surface area contributed by atoms with E-state index in [9.17, 15) is 14.4 Å². The largest absolute Gasteiger partial charge is 0.497 e. The fraction of sp³-hybridized carbons (Fsp3) is 0.465. The number of piperidine rings is 3. The average molecular weight is 750 g/mol. The van der Waals surface area contributed by atoms with Crippen LogP contribution in [0.1, 0.15) is 55.6 Å². The molecular weight excluding hydrogens is 698 g/mol. The fourth-order valence-electron chi connectivity index (χ4n) is 9.15. The summed E-state index contributed by atoms with van der Waals surface area (Å²) in [6.07, 6.45) is 4.80. The van der Waals surface area contributed by atoms with Crippen molar-refractivity contribution in [1.29, 1.82) is 0 Å². The van der Waals surface area contributed by atoms with Gasteiger partial charge in [0.1, 0.15) is 17.6 Å². The third-order valence-electron chi connectivity index (χ3n) is 12.4. The van der Waals surface area contributed by atoms with Crippen LogP contribution >= 0.6 is 0 Å². The third kappa shape index (κ3) is 7.36. The van der Waals surface area contributed by atoms with E-state index in [0.717, 1.165) is 111 Å². The van der Waals surface area contributed by atoms with E-state index >= 15 is 4.39 Å². The van der Waals surface area contributed by atoms with Gasteiger partial charge in [0.05, 0.1) is 35.4 Å². The Morgan fingerprint density at radius 3 is 2.31 bits per heavy atom. The average Bonchev–Trinajstić information content (AvgIpc) is 3.19. The van der Waals surface area contributed by atoms with Crippen molar-refractivity contribution in [2.24, 2.45) is 13.0 Å².